The van der Waals surface area contributed by atoms with Crippen molar-refractivity contribution in [2.45, 2.75) is 13.0 Å². The zero-order valence-electron chi connectivity index (χ0n) is 17.0. The summed E-state index contributed by atoms with van der Waals surface area (Å²) in [7, 11) is 1.44. The second-order valence-electron chi connectivity index (χ2n) is 6.48. The van der Waals surface area contributed by atoms with Gasteiger partial charge in [-0.3, -0.25) is 14.4 Å². The quantitative estimate of drug-likeness (QED) is 0.535. The highest BCUT2D eigenvalue weighted by Crippen LogP contribution is 2.20. The first-order chi connectivity index (χ1) is 15.0. The zero-order chi connectivity index (χ0) is 22.2. The minimum absolute atomic E-state index is 0.198. The van der Waals surface area contributed by atoms with E-state index in [0.29, 0.717) is 17.1 Å². The van der Waals surface area contributed by atoms with Gasteiger partial charge in [-0.15, -0.1) is 0 Å². The largest absolute Gasteiger partial charge is 0.496 e. The Balaban J connectivity index is 1.67. The number of anilines is 1. The summed E-state index contributed by atoms with van der Waals surface area (Å²) in [5.74, 6) is -0.815. The Kier molecular flexibility index (Phi) is 7.00. The highest BCUT2D eigenvalue weighted by molar-refractivity contribution is 5.99. The minimum Gasteiger partial charge on any atom is -0.496 e. The molecule has 1 unspecified atom stereocenters. The van der Waals surface area contributed by atoms with Gasteiger partial charge in [0, 0.05) is 11.6 Å². The molecule has 0 spiro atoms. The molecule has 0 fully saturated rings. The average molecular weight is 423 g/mol. The zero-order valence-corrected chi connectivity index (χ0v) is 17.0. The van der Waals surface area contributed by atoms with E-state index >= 15 is 0 Å². The van der Waals surface area contributed by atoms with E-state index in [1.165, 1.54) is 13.2 Å². The maximum atomic E-state index is 12.7. The van der Waals surface area contributed by atoms with Crippen LogP contribution in [0.25, 0.3) is 0 Å². The van der Waals surface area contributed by atoms with Gasteiger partial charge in [0.2, 0.25) is 6.10 Å². The lowest BCUT2D eigenvalue weighted by Gasteiger charge is -2.17. The van der Waals surface area contributed by atoms with E-state index in [-0.39, 0.29) is 11.4 Å². The van der Waals surface area contributed by atoms with E-state index in [1.54, 1.807) is 61.5 Å². The van der Waals surface area contributed by atoms with Crippen molar-refractivity contribution in [1.82, 2.24) is 10.5 Å². The number of benzene rings is 2. The van der Waals surface area contributed by atoms with Crippen LogP contribution in [-0.2, 0) is 14.3 Å². The number of carbonyl (C=O) groups excluding carboxylic acids is 3. The van der Waals surface area contributed by atoms with Crippen LogP contribution in [0.2, 0.25) is 0 Å². The number of methoxy groups -OCH3 is 1. The summed E-state index contributed by atoms with van der Waals surface area (Å²) in [5, 5.41) is 8.72. The standard InChI is InChI=1S/C22H21N3O6/c1-14-12-18(25-31-14)24-22(28)20(15-8-4-3-5-9-15)30-19(26)13-23-21(27)16-10-6-7-11-17(16)29-2/h3-12,20H,13H2,1-2H3,(H,23,27)(H,24,25,28). The fourth-order valence-electron chi connectivity index (χ4n) is 2.77. The number of amides is 2. The van der Waals surface area contributed by atoms with Gasteiger partial charge in [0.25, 0.3) is 11.8 Å². The Hall–Kier alpha value is -4.14. The van der Waals surface area contributed by atoms with Crippen LogP contribution in [0.1, 0.15) is 27.8 Å². The first-order valence-electron chi connectivity index (χ1n) is 9.37. The van der Waals surface area contributed by atoms with Crippen LogP contribution in [-0.4, -0.2) is 36.6 Å². The molecule has 3 aromatic rings. The number of carbonyl (C=O) groups is 3. The summed E-state index contributed by atoms with van der Waals surface area (Å²) in [4.78, 5) is 37.5. The van der Waals surface area contributed by atoms with Gasteiger partial charge < -0.3 is 24.6 Å². The average Bonchev–Trinajstić information content (AvgIpc) is 3.20. The van der Waals surface area contributed by atoms with Crippen molar-refractivity contribution in [3.8, 4) is 5.75 Å². The van der Waals surface area contributed by atoms with Crippen LogP contribution in [0, 0.1) is 6.92 Å². The van der Waals surface area contributed by atoms with Crippen LogP contribution in [0.4, 0.5) is 5.82 Å². The van der Waals surface area contributed by atoms with Crippen molar-refractivity contribution in [2.75, 3.05) is 19.0 Å². The Bertz CT molecular complexity index is 1060. The second-order valence-corrected chi connectivity index (χ2v) is 6.48. The molecule has 1 heterocycles. The highest BCUT2D eigenvalue weighted by Gasteiger charge is 2.26. The number of nitrogens with zero attached hydrogens (tertiary/aromatic N) is 1. The SMILES string of the molecule is COc1ccccc1C(=O)NCC(=O)OC(C(=O)Nc1cc(C)on1)c1ccccc1. The van der Waals surface area contributed by atoms with Gasteiger partial charge in [0.15, 0.2) is 5.82 Å². The predicted octanol–water partition coefficient (Wildman–Crippen LogP) is 2.64. The van der Waals surface area contributed by atoms with E-state index < -0.39 is 30.4 Å². The molecule has 31 heavy (non-hydrogen) atoms. The van der Waals surface area contributed by atoms with Gasteiger partial charge in [-0.2, -0.15) is 0 Å². The molecule has 0 bridgehead atoms. The number of nitrogens with one attached hydrogen (secondary N) is 2. The van der Waals surface area contributed by atoms with Gasteiger partial charge in [0.1, 0.15) is 18.1 Å². The first kappa shape index (κ1) is 21.6. The third kappa shape index (κ3) is 5.69. The Labute approximate surface area is 178 Å². The van der Waals surface area contributed by atoms with Gasteiger partial charge >= 0.3 is 5.97 Å². The molecular weight excluding hydrogens is 402 g/mol. The summed E-state index contributed by atoms with van der Waals surface area (Å²) in [6.07, 6.45) is -1.24. The van der Waals surface area contributed by atoms with Crippen molar-refractivity contribution < 1.29 is 28.4 Å². The Morgan fingerprint density at radius 3 is 2.45 bits per heavy atom. The molecule has 2 aromatic carbocycles. The first-order valence-corrected chi connectivity index (χ1v) is 9.37. The molecule has 9 heteroatoms. The molecule has 0 aliphatic carbocycles. The molecule has 0 saturated carbocycles. The maximum Gasteiger partial charge on any atom is 0.326 e. The molecule has 0 saturated heterocycles. The Morgan fingerprint density at radius 1 is 1.06 bits per heavy atom. The third-order valence-electron chi connectivity index (χ3n) is 4.21. The summed E-state index contributed by atoms with van der Waals surface area (Å²) in [6.45, 7) is 1.25. The van der Waals surface area contributed by atoms with Crippen molar-refractivity contribution in [1.29, 1.82) is 0 Å². The van der Waals surface area contributed by atoms with Gasteiger partial charge in [-0.05, 0) is 19.1 Å². The number of aryl methyl sites for hydroxylation is 1. The van der Waals surface area contributed by atoms with Crippen LogP contribution in [0.15, 0.2) is 65.2 Å². The maximum absolute atomic E-state index is 12.7. The number of rotatable bonds is 8. The van der Waals surface area contributed by atoms with Crippen LogP contribution >= 0.6 is 0 Å². The fraction of sp³-hybridized carbons (Fsp3) is 0.182. The number of aromatic nitrogens is 1. The lowest BCUT2D eigenvalue weighted by atomic mass is 10.1. The van der Waals surface area contributed by atoms with E-state index in [9.17, 15) is 14.4 Å². The molecule has 160 valence electrons. The van der Waals surface area contributed by atoms with Crippen molar-refractivity contribution >= 4 is 23.6 Å². The smallest absolute Gasteiger partial charge is 0.326 e. The second kappa shape index (κ2) is 10.1. The van der Waals surface area contributed by atoms with Crippen LogP contribution < -0.4 is 15.4 Å². The molecule has 0 aliphatic rings. The minimum atomic E-state index is -1.24. The van der Waals surface area contributed by atoms with E-state index in [1.807, 2.05) is 0 Å². The number of para-hydroxylation sites is 1. The summed E-state index contributed by atoms with van der Waals surface area (Å²) in [5.41, 5.74) is 0.737. The topological polar surface area (TPSA) is 120 Å². The Morgan fingerprint density at radius 2 is 1.77 bits per heavy atom. The molecule has 3 rings (SSSR count). The van der Waals surface area contributed by atoms with Gasteiger partial charge in [-0.1, -0.05) is 47.6 Å². The van der Waals surface area contributed by atoms with E-state index in [4.69, 9.17) is 14.0 Å². The molecule has 1 atom stereocenters. The fourth-order valence-corrected chi connectivity index (χ4v) is 2.77. The summed E-state index contributed by atoms with van der Waals surface area (Å²) in [6, 6.07) is 16.6. The molecule has 1 aromatic heterocycles. The number of hydrogen-bond donors (Lipinski definition) is 2. The molecule has 2 N–H and O–H groups in total. The molecular formula is C22H21N3O6. The molecule has 0 aliphatic heterocycles. The van der Waals surface area contributed by atoms with E-state index in [0.717, 1.165) is 0 Å². The highest BCUT2D eigenvalue weighted by atomic mass is 16.5. The van der Waals surface area contributed by atoms with Gasteiger partial charge in [-0.25, -0.2) is 0 Å². The number of esters is 1. The van der Waals surface area contributed by atoms with Gasteiger partial charge in [0.05, 0.1) is 12.7 Å². The number of hydrogen-bond acceptors (Lipinski definition) is 7. The van der Waals surface area contributed by atoms with Crippen molar-refractivity contribution in [3.05, 3.63) is 77.6 Å². The molecule has 9 nitrogen and oxygen atoms in total. The lowest BCUT2D eigenvalue weighted by Crippen LogP contribution is -2.33. The van der Waals surface area contributed by atoms with Crippen molar-refractivity contribution in [2.24, 2.45) is 0 Å². The van der Waals surface area contributed by atoms with Crippen LogP contribution in [0.5, 0.6) is 5.75 Å². The predicted molar refractivity (Wildman–Crippen MR) is 110 cm³/mol. The summed E-state index contributed by atoms with van der Waals surface area (Å²) < 4.78 is 15.4. The monoisotopic (exact) mass is 423 g/mol. The third-order valence-corrected chi connectivity index (χ3v) is 4.21. The molecule has 2 amide bonds. The summed E-state index contributed by atoms with van der Waals surface area (Å²) >= 11 is 0. The van der Waals surface area contributed by atoms with Crippen molar-refractivity contribution in [3.63, 3.8) is 0 Å². The molecule has 0 radical (unpaired) electrons. The number of ether oxygens (including phenoxy) is 2. The van der Waals surface area contributed by atoms with E-state index in [2.05, 4.69) is 15.8 Å². The normalized spacial score (nSPS) is 11.3. The van der Waals surface area contributed by atoms with Crippen LogP contribution in [0.3, 0.4) is 0 Å². The lowest BCUT2D eigenvalue weighted by molar-refractivity contribution is -0.153.